The van der Waals surface area contributed by atoms with E-state index in [4.69, 9.17) is 10.5 Å². The molecule has 6 rings (SSSR count). The number of anilines is 1. The molecule has 9 N–H and O–H groups in total. The molecule has 0 radical (unpaired) electrons. The number of nitrogens with one attached hydrogen (secondary N) is 6. The summed E-state index contributed by atoms with van der Waals surface area (Å²) in [4.78, 5) is 128. The third-order valence-electron chi connectivity index (χ3n) is 12.6. The zero-order valence-electron chi connectivity index (χ0n) is 43.1. The van der Waals surface area contributed by atoms with E-state index in [2.05, 4.69) is 66.4 Å². The molecule has 0 unspecified atom stereocenters. The Morgan fingerprint density at radius 3 is 2.03 bits per heavy atom. The van der Waals surface area contributed by atoms with Crippen molar-refractivity contribution in [2.75, 3.05) is 38.5 Å². The number of azo groups is 1. The molecule has 5 aromatic rings. The second-order valence-corrected chi connectivity index (χ2v) is 18.8. The SMILES string of the molecule is CC(=O)N[C@@H](CC(=O)O)C(=O)N[C@H](N=N[C@@H](CCCNC(N)=O)C(=O)Nc1ccc([C@@H](OC(=O)N(C)CC(=O)NCc2ccc3ccc4cccc5ccc2c3c45)C(=O)NCCCCCN2C(=O)C=CC2=O)cc1)C(C)C. The van der Waals surface area contributed by atoms with E-state index in [1.165, 1.54) is 43.5 Å². The minimum absolute atomic E-state index is 0.0371. The van der Waals surface area contributed by atoms with Gasteiger partial charge in [0.15, 0.2) is 0 Å². The number of benzene rings is 5. The van der Waals surface area contributed by atoms with Crippen molar-refractivity contribution in [1.29, 1.82) is 0 Å². The standard InChI is InChI=1S/C54H63N11O12/c1-31(2)49(61-51(73)41(28-45(70)71)59-32(3)66)63-62-40(12-9-26-57-53(55)75)50(72)60-38-20-17-36(18-21-38)48(52(74)56-25-6-5-7-27-65-43(68)23-24-44(65)69)77-54(76)64(4)30-42(67)58-29-37-16-15-35-14-13-33-10-8-11-34-19-22-39(37)47(35)46(33)34/h8,10-11,13-24,31,40-41,48-49H,5-7,9,12,25-30H2,1-4H3,(H,56,74)(H,58,67)(H,59,66)(H,60,72)(H,61,73)(H,70,71)(H3,55,57,75)/t40-,41-,48+,49+/m0/s1. The number of likely N-dealkylation sites (N-methyl/N-ethyl adjacent to an activating group) is 1. The Morgan fingerprint density at radius 2 is 1.38 bits per heavy atom. The van der Waals surface area contributed by atoms with E-state index in [1.807, 2.05) is 30.3 Å². The van der Waals surface area contributed by atoms with Crippen LogP contribution in [0.1, 0.15) is 76.5 Å². The predicted octanol–water partition coefficient (Wildman–Crippen LogP) is 4.51. The van der Waals surface area contributed by atoms with Crippen LogP contribution >= 0.6 is 0 Å². The van der Waals surface area contributed by atoms with E-state index >= 15 is 0 Å². The molecule has 5 aromatic carbocycles. The third-order valence-corrected chi connectivity index (χ3v) is 12.6. The van der Waals surface area contributed by atoms with Crippen LogP contribution < -0.4 is 37.6 Å². The van der Waals surface area contributed by atoms with Crippen molar-refractivity contribution >= 4 is 97.4 Å². The second kappa shape index (κ2) is 27.0. The smallest absolute Gasteiger partial charge is 0.411 e. The number of amides is 10. The van der Waals surface area contributed by atoms with Crippen molar-refractivity contribution in [3.8, 4) is 0 Å². The van der Waals surface area contributed by atoms with E-state index in [9.17, 15) is 53.1 Å². The van der Waals surface area contributed by atoms with Gasteiger partial charge in [-0.05, 0) is 88.0 Å². The Balaban J connectivity index is 1.13. The topological polar surface area (TPSA) is 330 Å². The zero-order chi connectivity index (χ0) is 55.8. The minimum Gasteiger partial charge on any atom is -0.481 e. The van der Waals surface area contributed by atoms with E-state index in [-0.39, 0.29) is 62.1 Å². The van der Waals surface area contributed by atoms with Gasteiger partial charge >= 0.3 is 18.1 Å². The summed E-state index contributed by atoms with van der Waals surface area (Å²) in [5.41, 5.74) is 6.52. The highest BCUT2D eigenvalue weighted by atomic mass is 16.6. The van der Waals surface area contributed by atoms with Crippen LogP contribution in [-0.4, -0.2) is 126 Å². The molecular weight excluding hydrogens is 995 g/mol. The first-order valence-corrected chi connectivity index (χ1v) is 25.1. The average molecular weight is 1060 g/mol. The molecule has 10 amide bonds. The lowest BCUT2D eigenvalue weighted by Gasteiger charge is -2.23. The van der Waals surface area contributed by atoms with Gasteiger partial charge in [-0.15, -0.1) is 0 Å². The molecule has 23 heteroatoms. The molecule has 4 atom stereocenters. The van der Waals surface area contributed by atoms with Gasteiger partial charge in [-0.25, -0.2) is 9.59 Å². The summed E-state index contributed by atoms with van der Waals surface area (Å²) >= 11 is 0. The number of hydrogen-bond donors (Lipinski definition) is 8. The molecule has 1 heterocycles. The number of primary amides is 1. The molecule has 406 valence electrons. The summed E-state index contributed by atoms with van der Waals surface area (Å²) < 4.78 is 5.77. The van der Waals surface area contributed by atoms with Crippen LogP contribution in [0.2, 0.25) is 0 Å². The molecule has 0 saturated carbocycles. The highest BCUT2D eigenvalue weighted by Gasteiger charge is 2.30. The first-order chi connectivity index (χ1) is 36.8. The zero-order valence-corrected chi connectivity index (χ0v) is 43.1. The van der Waals surface area contributed by atoms with Crippen LogP contribution in [0.25, 0.3) is 32.3 Å². The number of carboxylic acids is 1. The van der Waals surface area contributed by atoms with Gasteiger partial charge in [-0.2, -0.15) is 10.2 Å². The molecule has 0 fully saturated rings. The second-order valence-electron chi connectivity index (χ2n) is 18.8. The minimum atomic E-state index is -1.54. The number of ether oxygens (including phenoxy) is 1. The monoisotopic (exact) mass is 1060 g/mol. The summed E-state index contributed by atoms with van der Waals surface area (Å²) in [6.45, 7) is 4.73. The van der Waals surface area contributed by atoms with Crippen molar-refractivity contribution < 1.29 is 57.8 Å². The summed E-state index contributed by atoms with van der Waals surface area (Å²) in [5, 5.41) is 39.9. The number of aliphatic carboxylic acids is 1. The summed E-state index contributed by atoms with van der Waals surface area (Å²) in [6, 6.07) is 20.8. The van der Waals surface area contributed by atoms with E-state index < -0.39 is 90.9 Å². The Labute approximate surface area is 443 Å². The van der Waals surface area contributed by atoms with Gasteiger partial charge in [0, 0.05) is 63.6 Å². The highest BCUT2D eigenvalue weighted by molar-refractivity contribution is 6.23. The van der Waals surface area contributed by atoms with E-state index in [1.54, 1.807) is 13.8 Å². The van der Waals surface area contributed by atoms with E-state index in [0.717, 1.165) is 54.6 Å². The van der Waals surface area contributed by atoms with Crippen LogP contribution in [0.5, 0.6) is 0 Å². The number of unbranched alkanes of at least 4 members (excludes halogenated alkanes) is 2. The molecule has 77 heavy (non-hydrogen) atoms. The van der Waals surface area contributed by atoms with Crippen LogP contribution in [0.15, 0.2) is 101 Å². The van der Waals surface area contributed by atoms with Crippen LogP contribution in [0.4, 0.5) is 15.3 Å². The van der Waals surface area contributed by atoms with Gasteiger partial charge in [0.25, 0.3) is 23.6 Å². The molecular formula is C54H63N11O12. The largest absolute Gasteiger partial charge is 0.481 e. The van der Waals surface area contributed by atoms with Gasteiger partial charge in [-0.3, -0.25) is 43.3 Å². The lowest BCUT2D eigenvalue weighted by atomic mass is 9.92. The highest BCUT2D eigenvalue weighted by Crippen LogP contribution is 2.36. The number of hydrogen-bond acceptors (Lipinski definition) is 13. The molecule has 0 aliphatic carbocycles. The number of imide groups is 1. The fraction of sp³-hybridized carbons (Fsp3) is 0.370. The number of nitrogens with two attached hydrogens (primary N) is 1. The molecule has 0 spiro atoms. The number of rotatable bonds is 27. The number of nitrogens with zero attached hydrogens (tertiary/aromatic N) is 4. The maximum absolute atomic E-state index is 13.8. The molecule has 0 aromatic heterocycles. The van der Waals surface area contributed by atoms with Crippen molar-refractivity contribution in [3.63, 3.8) is 0 Å². The van der Waals surface area contributed by atoms with Gasteiger partial charge in [0.05, 0.1) is 6.42 Å². The Morgan fingerprint density at radius 1 is 0.727 bits per heavy atom. The first kappa shape index (κ1) is 57.3. The average Bonchev–Trinajstić information content (AvgIpc) is 3.71. The van der Waals surface area contributed by atoms with Crippen molar-refractivity contribution in [2.24, 2.45) is 21.9 Å². The quantitative estimate of drug-likeness (QED) is 0.0156. The van der Waals surface area contributed by atoms with Gasteiger partial charge in [0.1, 0.15) is 24.8 Å². The number of carbonyl (C=O) groups excluding carboxylic acids is 9. The summed E-state index contributed by atoms with van der Waals surface area (Å²) in [7, 11) is 1.36. The fourth-order valence-corrected chi connectivity index (χ4v) is 8.54. The molecule has 1 aliphatic rings. The van der Waals surface area contributed by atoms with Crippen molar-refractivity contribution in [3.05, 3.63) is 102 Å². The molecule has 1 aliphatic heterocycles. The lowest BCUT2D eigenvalue weighted by Crippen LogP contribution is -2.50. The maximum atomic E-state index is 13.8. The molecule has 0 bridgehead atoms. The number of carbonyl (C=O) groups is 10. The third kappa shape index (κ3) is 16.0. The molecule has 23 nitrogen and oxygen atoms in total. The van der Waals surface area contributed by atoms with E-state index in [0.29, 0.717) is 19.3 Å². The number of carboxylic acid groups (broad SMARTS) is 1. The van der Waals surface area contributed by atoms with Crippen molar-refractivity contribution in [2.45, 2.75) is 90.2 Å². The van der Waals surface area contributed by atoms with Crippen LogP contribution in [-0.2, 0) is 49.6 Å². The summed E-state index contributed by atoms with van der Waals surface area (Å²) in [6.07, 6.45) is -0.131. The van der Waals surface area contributed by atoms with Gasteiger partial charge in [0.2, 0.25) is 23.8 Å². The number of urea groups is 1. The Kier molecular flexibility index (Phi) is 20.1. The fourth-order valence-electron chi connectivity index (χ4n) is 8.54. The summed E-state index contributed by atoms with van der Waals surface area (Å²) in [5.74, 6) is -5.83. The Hall–Kier alpha value is -9.02. The van der Waals surface area contributed by atoms with Gasteiger partial charge < -0.3 is 52.4 Å². The van der Waals surface area contributed by atoms with Gasteiger partial charge in [-0.1, -0.05) is 80.6 Å². The Bertz CT molecular complexity index is 3020. The maximum Gasteiger partial charge on any atom is 0.411 e. The first-order valence-electron chi connectivity index (χ1n) is 25.1. The predicted molar refractivity (Wildman–Crippen MR) is 284 cm³/mol. The molecule has 0 saturated heterocycles. The normalized spacial score (nSPS) is 13.9. The van der Waals surface area contributed by atoms with Crippen LogP contribution in [0.3, 0.4) is 0 Å². The van der Waals surface area contributed by atoms with Crippen LogP contribution in [0, 0.1) is 5.92 Å². The lowest BCUT2D eigenvalue weighted by molar-refractivity contribution is -0.141. The van der Waals surface area contributed by atoms with Crippen molar-refractivity contribution in [1.82, 2.24) is 36.4 Å².